The number of hydrogen-bond donors (Lipinski definition) is 3. The van der Waals surface area contributed by atoms with Gasteiger partial charge in [-0.15, -0.1) is 11.3 Å². The normalized spacial score (nSPS) is 15.7. The topological polar surface area (TPSA) is 145 Å². The van der Waals surface area contributed by atoms with Gasteiger partial charge in [0, 0.05) is 35.7 Å². The number of amides is 1. The Balaban J connectivity index is 1.21. The van der Waals surface area contributed by atoms with Gasteiger partial charge in [-0.1, -0.05) is 26.0 Å². The first-order valence-corrected chi connectivity index (χ1v) is 13.9. The molecule has 206 valence electrons. The Kier molecular flexibility index (Phi) is 7.24. The average Bonchev–Trinajstić information content (AvgIpc) is 3.62. The maximum atomic E-state index is 11.7. The Hall–Kier alpha value is -4.20. The molecule has 40 heavy (non-hydrogen) atoms. The minimum atomic E-state index is -0.647. The number of nitrogens with zero attached hydrogens (tertiary/aromatic N) is 7. The van der Waals surface area contributed by atoms with E-state index in [0.29, 0.717) is 44.1 Å². The molecule has 0 aliphatic carbocycles. The van der Waals surface area contributed by atoms with Gasteiger partial charge in [0.25, 0.3) is 5.91 Å². The van der Waals surface area contributed by atoms with Gasteiger partial charge in [0.1, 0.15) is 6.10 Å². The predicted molar refractivity (Wildman–Crippen MR) is 152 cm³/mol. The van der Waals surface area contributed by atoms with Gasteiger partial charge in [0.2, 0.25) is 11.9 Å². The first kappa shape index (κ1) is 26.0. The summed E-state index contributed by atoms with van der Waals surface area (Å²) in [5, 5.41) is 17.1. The van der Waals surface area contributed by atoms with Crippen LogP contribution in [0.3, 0.4) is 0 Å². The molecule has 0 bridgehead atoms. The molecule has 3 N–H and O–H groups in total. The van der Waals surface area contributed by atoms with Crippen molar-refractivity contribution in [3.8, 4) is 0 Å². The molecule has 0 saturated carbocycles. The first-order valence-electron chi connectivity index (χ1n) is 13.0. The lowest BCUT2D eigenvalue weighted by Crippen LogP contribution is -2.39. The van der Waals surface area contributed by atoms with Gasteiger partial charge in [0.15, 0.2) is 0 Å². The summed E-state index contributed by atoms with van der Waals surface area (Å²) in [7, 11) is 0. The van der Waals surface area contributed by atoms with E-state index in [0.717, 1.165) is 38.1 Å². The number of rotatable bonds is 8. The third-order valence-electron chi connectivity index (χ3n) is 6.74. The number of aromatic nitrogens is 6. The number of anilines is 2. The van der Waals surface area contributed by atoms with Gasteiger partial charge in [-0.3, -0.25) is 15.1 Å². The number of morpholine rings is 1. The molecule has 12 nitrogen and oxygen atoms in total. The van der Waals surface area contributed by atoms with Crippen molar-refractivity contribution in [2.75, 3.05) is 36.0 Å². The van der Waals surface area contributed by atoms with Gasteiger partial charge < -0.3 is 14.5 Å². The van der Waals surface area contributed by atoms with Gasteiger partial charge in [-0.2, -0.15) is 5.10 Å². The fraction of sp³-hybridized carbons (Fsp3) is 0.333. The van der Waals surface area contributed by atoms with Gasteiger partial charge in [0.05, 0.1) is 53.4 Å². The molecule has 1 unspecified atom stereocenters. The van der Waals surface area contributed by atoms with E-state index in [4.69, 9.17) is 19.9 Å². The van der Waals surface area contributed by atoms with Crippen LogP contribution in [-0.2, 0) is 11.3 Å². The molecule has 4 aromatic heterocycles. The number of thiophene rings is 1. The minimum absolute atomic E-state index is 0.105. The summed E-state index contributed by atoms with van der Waals surface area (Å²) < 4.78 is 7.15. The lowest BCUT2D eigenvalue weighted by Gasteiger charge is -2.33. The smallest absolute Gasteiger partial charge is 0.277 e. The maximum Gasteiger partial charge on any atom is 0.277 e. The molecule has 1 saturated heterocycles. The Morgan fingerprint density at radius 3 is 2.90 bits per heavy atom. The van der Waals surface area contributed by atoms with Crippen molar-refractivity contribution >= 4 is 50.3 Å². The Labute approximate surface area is 234 Å². The molecule has 6 rings (SSSR count). The van der Waals surface area contributed by atoms with Crippen LogP contribution in [-0.4, -0.2) is 67.5 Å². The zero-order chi connectivity index (χ0) is 27.6. The number of benzene rings is 1. The molecule has 13 heteroatoms. The van der Waals surface area contributed by atoms with Gasteiger partial charge in [-0.25, -0.2) is 25.4 Å². The molecule has 1 atom stereocenters. The van der Waals surface area contributed by atoms with E-state index in [9.17, 15) is 4.79 Å². The monoisotopic (exact) mass is 559 g/mol. The highest BCUT2D eigenvalue weighted by Crippen LogP contribution is 2.31. The van der Waals surface area contributed by atoms with E-state index >= 15 is 0 Å². The van der Waals surface area contributed by atoms with E-state index < -0.39 is 5.91 Å². The Bertz CT molecular complexity index is 1640. The standard InChI is InChI=1S/C27H29N9O3S/c1-16(2)13-36(26-28-9-17(10-29-26)25(37)34-38)14-18-8-22-24(40-18)12-30-27(32-22)35-6-7-39-23(15-35)19-4-3-5-21-20(19)11-31-33-21/h3-5,8-12,16,23,38H,6-7,13-15H2,1-2H3,(H,31,33)(H,34,37). The number of hydroxylamine groups is 1. The quantitative estimate of drug-likeness (QED) is 0.190. The van der Waals surface area contributed by atoms with E-state index in [1.165, 1.54) is 12.4 Å². The second-order valence-electron chi connectivity index (χ2n) is 10.1. The largest absolute Gasteiger partial charge is 0.370 e. The van der Waals surface area contributed by atoms with Crippen LogP contribution in [0.25, 0.3) is 21.1 Å². The van der Waals surface area contributed by atoms with Crippen molar-refractivity contribution in [1.82, 2.24) is 35.6 Å². The molecule has 0 radical (unpaired) electrons. The van der Waals surface area contributed by atoms with E-state index in [1.54, 1.807) is 16.8 Å². The average molecular weight is 560 g/mol. The molecule has 1 amide bonds. The summed E-state index contributed by atoms with van der Waals surface area (Å²) in [5.74, 6) is 0.918. The second kappa shape index (κ2) is 11.1. The molecule has 5 aromatic rings. The zero-order valence-corrected chi connectivity index (χ0v) is 22.9. The fourth-order valence-corrected chi connectivity index (χ4v) is 5.90. The van der Waals surface area contributed by atoms with Crippen molar-refractivity contribution in [2.24, 2.45) is 5.92 Å². The van der Waals surface area contributed by atoms with E-state index in [2.05, 4.69) is 55.9 Å². The van der Waals surface area contributed by atoms with Crippen LogP contribution < -0.4 is 15.3 Å². The van der Waals surface area contributed by atoms with Crippen molar-refractivity contribution < 1.29 is 14.7 Å². The highest BCUT2D eigenvalue weighted by molar-refractivity contribution is 7.19. The van der Waals surface area contributed by atoms with Crippen LogP contribution >= 0.6 is 11.3 Å². The lowest BCUT2D eigenvalue weighted by atomic mass is 10.0. The number of ether oxygens (including phenoxy) is 1. The van der Waals surface area contributed by atoms with Crippen LogP contribution in [0.4, 0.5) is 11.9 Å². The predicted octanol–water partition coefficient (Wildman–Crippen LogP) is 3.72. The van der Waals surface area contributed by atoms with Crippen molar-refractivity contribution in [1.29, 1.82) is 0 Å². The Morgan fingerprint density at radius 1 is 1.25 bits per heavy atom. The minimum Gasteiger partial charge on any atom is -0.370 e. The number of carbonyl (C=O) groups excluding carboxylic acids is 1. The molecule has 1 aliphatic rings. The third-order valence-corrected chi connectivity index (χ3v) is 7.78. The highest BCUT2D eigenvalue weighted by Gasteiger charge is 2.26. The number of fused-ring (bicyclic) bond motifs is 2. The highest BCUT2D eigenvalue weighted by atomic mass is 32.1. The van der Waals surface area contributed by atoms with E-state index in [-0.39, 0.29) is 11.7 Å². The van der Waals surface area contributed by atoms with Gasteiger partial charge >= 0.3 is 0 Å². The summed E-state index contributed by atoms with van der Waals surface area (Å²) in [6.07, 6.45) is 6.44. The summed E-state index contributed by atoms with van der Waals surface area (Å²) >= 11 is 1.64. The lowest BCUT2D eigenvalue weighted by molar-refractivity contribution is 0.0402. The zero-order valence-electron chi connectivity index (χ0n) is 22.1. The summed E-state index contributed by atoms with van der Waals surface area (Å²) in [6, 6.07) is 8.21. The first-order chi connectivity index (χ1) is 19.5. The summed E-state index contributed by atoms with van der Waals surface area (Å²) in [6.45, 7) is 7.53. The number of carbonyl (C=O) groups is 1. The third kappa shape index (κ3) is 5.30. The number of hydrogen-bond acceptors (Lipinski definition) is 11. The maximum absolute atomic E-state index is 11.7. The van der Waals surface area contributed by atoms with Crippen LogP contribution in [0.2, 0.25) is 0 Å². The summed E-state index contributed by atoms with van der Waals surface area (Å²) in [5.41, 5.74) is 4.78. The molecule has 1 aromatic carbocycles. The summed E-state index contributed by atoms with van der Waals surface area (Å²) in [4.78, 5) is 35.4. The second-order valence-corrected chi connectivity index (χ2v) is 11.3. The molecule has 1 fully saturated rings. The van der Waals surface area contributed by atoms with E-state index in [1.807, 2.05) is 24.5 Å². The SMILES string of the molecule is CC(C)CN(Cc1cc2nc(N3CCOC(c4cccc5[nH]ncc45)C3)ncc2s1)c1ncc(C(=O)NO)cn1. The van der Waals surface area contributed by atoms with Crippen molar-refractivity contribution in [3.63, 3.8) is 0 Å². The van der Waals surface area contributed by atoms with Crippen LogP contribution in [0, 0.1) is 5.92 Å². The fourth-order valence-electron chi connectivity index (χ4n) is 4.91. The molecular weight excluding hydrogens is 530 g/mol. The van der Waals surface area contributed by atoms with Crippen LogP contribution in [0.5, 0.6) is 0 Å². The molecule has 1 aliphatic heterocycles. The van der Waals surface area contributed by atoms with Crippen molar-refractivity contribution in [2.45, 2.75) is 26.5 Å². The molecule has 0 spiro atoms. The number of H-pyrrole nitrogens is 1. The van der Waals surface area contributed by atoms with Crippen LogP contribution in [0.1, 0.15) is 40.8 Å². The van der Waals surface area contributed by atoms with Crippen molar-refractivity contribution in [3.05, 3.63) is 65.1 Å². The number of nitrogens with one attached hydrogen (secondary N) is 2. The van der Waals surface area contributed by atoms with Gasteiger partial charge in [-0.05, 0) is 23.6 Å². The Morgan fingerprint density at radius 2 is 2.10 bits per heavy atom. The van der Waals surface area contributed by atoms with Crippen LogP contribution in [0.15, 0.2) is 49.1 Å². The molecule has 5 heterocycles. The number of aromatic amines is 1. The molecular formula is C27H29N9O3S.